The molecule has 0 bridgehead atoms. The summed E-state index contributed by atoms with van der Waals surface area (Å²) in [7, 11) is 0. The van der Waals surface area contributed by atoms with Crippen molar-refractivity contribution in [1.82, 2.24) is 20.6 Å². The minimum absolute atomic E-state index is 0.104. The summed E-state index contributed by atoms with van der Waals surface area (Å²) in [4.78, 5) is 12.2. The first-order valence-corrected chi connectivity index (χ1v) is 7.65. The van der Waals surface area contributed by atoms with Crippen LogP contribution in [0, 0.1) is 11.8 Å². The number of aromatic amines is 1. The third-order valence-electron chi connectivity index (χ3n) is 4.26. The van der Waals surface area contributed by atoms with Crippen molar-refractivity contribution >= 4 is 11.6 Å². The van der Waals surface area contributed by atoms with Crippen LogP contribution < -0.4 is 5.32 Å². The maximum absolute atomic E-state index is 12.8. The number of H-pyrrole nitrogens is 1. The Morgan fingerprint density at radius 1 is 1.21 bits per heavy atom. The molecule has 0 saturated heterocycles. The Morgan fingerprint density at radius 2 is 1.96 bits per heavy atom. The highest BCUT2D eigenvalue weighted by atomic mass is 19.4. The number of nitrogens with one attached hydrogen (secondary N) is 2. The van der Waals surface area contributed by atoms with Crippen LogP contribution in [-0.4, -0.2) is 32.7 Å². The smallest absolute Gasteiger partial charge is 0.326 e. The molecule has 1 saturated carbocycles. The standard InChI is InChI=1S/C15H16F3N5O/c16-15(17,18)11-3-1-2-10(8-11)14(24)19-12-6-4-9(5-7-12)13-20-22-23-21-13/h4-7,10-11H,1-3,8H2,(H,19,24)(H,20,21,22,23)/t10-,11+/m0/s1. The summed E-state index contributed by atoms with van der Waals surface area (Å²) in [6.45, 7) is 0. The molecule has 2 N–H and O–H groups in total. The van der Waals surface area contributed by atoms with E-state index in [1.165, 1.54) is 0 Å². The van der Waals surface area contributed by atoms with Gasteiger partial charge in [0.25, 0.3) is 0 Å². The number of benzene rings is 1. The molecule has 1 aliphatic carbocycles. The van der Waals surface area contributed by atoms with Gasteiger partial charge in [0, 0.05) is 17.2 Å². The van der Waals surface area contributed by atoms with E-state index in [4.69, 9.17) is 0 Å². The van der Waals surface area contributed by atoms with Crippen LogP contribution in [0.1, 0.15) is 25.7 Å². The summed E-state index contributed by atoms with van der Waals surface area (Å²) in [5.74, 6) is -1.94. The Morgan fingerprint density at radius 3 is 2.58 bits per heavy atom. The molecule has 6 nitrogen and oxygen atoms in total. The lowest BCUT2D eigenvalue weighted by Crippen LogP contribution is -2.34. The van der Waals surface area contributed by atoms with Crippen LogP contribution in [0.15, 0.2) is 24.3 Å². The Bertz CT molecular complexity index is 684. The van der Waals surface area contributed by atoms with Crippen molar-refractivity contribution in [2.24, 2.45) is 11.8 Å². The first-order chi connectivity index (χ1) is 11.4. The number of carbonyl (C=O) groups excluding carboxylic acids is 1. The van der Waals surface area contributed by atoms with Gasteiger partial charge in [-0.3, -0.25) is 4.79 Å². The number of carbonyl (C=O) groups is 1. The van der Waals surface area contributed by atoms with Gasteiger partial charge < -0.3 is 5.32 Å². The fraction of sp³-hybridized carbons (Fsp3) is 0.467. The molecule has 2 atom stereocenters. The topological polar surface area (TPSA) is 83.6 Å². The minimum Gasteiger partial charge on any atom is -0.326 e. The van der Waals surface area contributed by atoms with Gasteiger partial charge in [-0.05, 0) is 48.7 Å². The maximum atomic E-state index is 12.8. The zero-order valence-electron chi connectivity index (χ0n) is 12.7. The Kier molecular flexibility index (Phi) is 4.50. The summed E-state index contributed by atoms with van der Waals surface area (Å²) in [5, 5.41) is 16.2. The van der Waals surface area contributed by atoms with Crippen molar-refractivity contribution in [2.45, 2.75) is 31.9 Å². The Labute approximate surface area is 135 Å². The third-order valence-corrected chi connectivity index (χ3v) is 4.26. The van der Waals surface area contributed by atoms with E-state index in [1.807, 2.05) is 0 Å². The van der Waals surface area contributed by atoms with Gasteiger partial charge in [0.15, 0.2) is 0 Å². The zero-order chi connectivity index (χ0) is 17.2. The van der Waals surface area contributed by atoms with E-state index in [9.17, 15) is 18.0 Å². The summed E-state index contributed by atoms with van der Waals surface area (Å²) in [6.07, 6.45) is -3.37. The number of halogens is 3. The fourth-order valence-electron chi connectivity index (χ4n) is 2.96. The Balaban J connectivity index is 1.62. The molecule has 1 amide bonds. The number of tetrazole rings is 1. The van der Waals surface area contributed by atoms with Crippen LogP contribution in [0.5, 0.6) is 0 Å². The predicted molar refractivity (Wildman–Crippen MR) is 79.7 cm³/mol. The highest BCUT2D eigenvalue weighted by Gasteiger charge is 2.43. The number of anilines is 1. The van der Waals surface area contributed by atoms with E-state index in [0.29, 0.717) is 24.4 Å². The van der Waals surface area contributed by atoms with E-state index in [-0.39, 0.29) is 18.7 Å². The molecule has 0 spiro atoms. The average Bonchev–Trinajstić information content (AvgIpc) is 3.09. The van der Waals surface area contributed by atoms with Crippen molar-refractivity contribution < 1.29 is 18.0 Å². The monoisotopic (exact) mass is 339 g/mol. The SMILES string of the molecule is O=C(Nc1ccc(-c2nn[nH]n2)cc1)[C@H]1CCC[C@@H](C(F)(F)F)C1. The van der Waals surface area contributed by atoms with Crippen LogP contribution in [0.25, 0.3) is 11.4 Å². The lowest BCUT2D eigenvalue weighted by molar-refractivity contribution is -0.185. The number of rotatable bonds is 3. The Hall–Kier alpha value is -2.45. The largest absolute Gasteiger partial charge is 0.391 e. The quantitative estimate of drug-likeness (QED) is 0.900. The van der Waals surface area contributed by atoms with E-state index < -0.39 is 18.0 Å². The van der Waals surface area contributed by atoms with Gasteiger partial charge in [0.05, 0.1) is 5.92 Å². The van der Waals surface area contributed by atoms with Crippen LogP contribution in [0.3, 0.4) is 0 Å². The lowest BCUT2D eigenvalue weighted by Gasteiger charge is -2.29. The second-order valence-electron chi connectivity index (χ2n) is 5.90. The van der Waals surface area contributed by atoms with Gasteiger partial charge in [-0.25, -0.2) is 0 Å². The first kappa shape index (κ1) is 16.4. The average molecular weight is 339 g/mol. The van der Waals surface area contributed by atoms with Gasteiger partial charge in [-0.1, -0.05) is 6.42 Å². The first-order valence-electron chi connectivity index (χ1n) is 7.65. The molecule has 3 rings (SSSR count). The highest BCUT2D eigenvalue weighted by molar-refractivity contribution is 5.92. The van der Waals surface area contributed by atoms with Gasteiger partial charge in [-0.15, -0.1) is 10.2 Å². The molecule has 1 aliphatic rings. The van der Waals surface area contributed by atoms with Crippen molar-refractivity contribution in [3.8, 4) is 11.4 Å². The van der Waals surface area contributed by atoms with Crippen molar-refractivity contribution in [1.29, 1.82) is 0 Å². The number of hydrogen-bond donors (Lipinski definition) is 2. The summed E-state index contributed by atoms with van der Waals surface area (Å²) < 4.78 is 38.5. The van der Waals surface area contributed by atoms with Crippen LogP contribution in [-0.2, 0) is 4.79 Å². The molecule has 0 radical (unpaired) electrons. The normalized spacial score (nSPS) is 21.5. The molecule has 24 heavy (non-hydrogen) atoms. The van der Waals surface area contributed by atoms with Crippen LogP contribution >= 0.6 is 0 Å². The molecule has 1 fully saturated rings. The van der Waals surface area contributed by atoms with Gasteiger partial charge >= 0.3 is 6.18 Å². The fourth-order valence-corrected chi connectivity index (χ4v) is 2.96. The number of hydrogen-bond acceptors (Lipinski definition) is 4. The molecule has 1 aromatic heterocycles. The van der Waals surface area contributed by atoms with Gasteiger partial charge in [0.1, 0.15) is 0 Å². The maximum Gasteiger partial charge on any atom is 0.391 e. The molecular formula is C15H16F3N5O. The molecule has 2 aromatic rings. The van der Waals surface area contributed by atoms with Crippen molar-refractivity contribution in [2.75, 3.05) is 5.32 Å². The van der Waals surface area contributed by atoms with E-state index >= 15 is 0 Å². The number of amides is 1. The summed E-state index contributed by atoms with van der Waals surface area (Å²) >= 11 is 0. The van der Waals surface area contributed by atoms with E-state index in [2.05, 4.69) is 25.9 Å². The second-order valence-corrected chi connectivity index (χ2v) is 5.90. The van der Waals surface area contributed by atoms with Crippen molar-refractivity contribution in [3.63, 3.8) is 0 Å². The van der Waals surface area contributed by atoms with E-state index in [1.54, 1.807) is 24.3 Å². The second kappa shape index (κ2) is 6.58. The molecule has 9 heteroatoms. The summed E-state index contributed by atoms with van der Waals surface area (Å²) in [5.41, 5.74) is 1.25. The minimum atomic E-state index is -4.23. The molecule has 1 heterocycles. The van der Waals surface area contributed by atoms with Gasteiger partial charge in [-0.2, -0.15) is 18.4 Å². The van der Waals surface area contributed by atoms with E-state index in [0.717, 1.165) is 5.56 Å². The van der Waals surface area contributed by atoms with Crippen LogP contribution in [0.2, 0.25) is 0 Å². The third kappa shape index (κ3) is 3.72. The molecule has 1 aromatic carbocycles. The lowest BCUT2D eigenvalue weighted by atomic mass is 9.80. The number of aromatic nitrogens is 4. The predicted octanol–water partition coefficient (Wildman–Crippen LogP) is 3.17. The highest BCUT2D eigenvalue weighted by Crippen LogP contribution is 2.40. The van der Waals surface area contributed by atoms with Crippen molar-refractivity contribution in [3.05, 3.63) is 24.3 Å². The zero-order valence-corrected chi connectivity index (χ0v) is 12.7. The molecule has 128 valence electrons. The molecule has 0 aliphatic heterocycles. The molecule has 0 unspecified atom stereocenters. The van der Waals surface area contributed by atoms with Gasteiger partial charge in [0.2, 0.25) is 11.7 Å². The van der Waals surface area contributed by atoms with Crippen LogP contribution in [0.4, 0.5) is 18.9 Å². The number of alkyl halides is 3. The number of nitrogens with zero attached hydrogens (tertiary/aromatic N) is 3. The summed E-state index contributed by atoms with van der Waals surface area (Å²) in [6, 6.07) is 6.74. The molecular weight excluding hydrogens is 323 g/mol.